The van der Waals surface area contributed by atoms with E-state index >= 15 is 0 Å². The van der Waals surface area contributed by atoms with Crippen molar-refractivity contribution in [2.75, 3.05) is 25.0 Å². The first-order valence-electron chi connectivity index (χ1n) is 10.7. The molecule has 1 fully saturated rings. The van der Waals surface area contributed by atoms with E-state index in [2.05, 4.69) is 27.9 Å². The highest BCUT2D eigenvalue weighted by molar-refractivity contribution is 5.90. The van der Waals surface area contributed by atoms with Gasteiger partial charge in [-0.25, -0.2) is 9.48 Å². The molecule has 1 saturated heterocycles. The van der Waals surface area contributed by atoms with Crippen LogP contribution in [0.2, 0.25) is 0 Å². The Morgan fingerprint density at radius 3 is 2.58 bits per heavy atom. The third-order valence-electron chi connectivity index (χ3n) is 5.52. The fourth-order valence-corrected chi connectivity index (χ4v) is 3.81. The molecule has 0 bridgehead atoms. The van der Waals surface area contributed by atoms with Gasteiger partial charge in [-0.1, -0.05) is 30.3 Å². The number of aromatic nitrogens is 2. The molecule has 0 spiro atoms. The van der Waals surface area contributed by atoms with Crippen LogP contribution in [0.1, 0.15) is 18.4 Å². The molecule has 160 valence electrons. The number of nitrogens with zero attached hydrogens (tertiary/aromatic N) is 3. The molecule has 0 saturated carbocycles. The number of benzene rings is 2. The van der Waals surface area contributed by atoms with Crippen molar-refractivity contribution in [1.29, 1.82) is 0 Å². The van der Waals surface area contributed by atoms with E-state index in [1.54, 1.807) is 11.1 Å². The minimum Gasteiger partial charge on any atom is -0.355 e. The smallest absolute Gasteiger partial charge is 0.321 e. The second kappa shape index (κ2) is 9.93. The van der Waals surface area contributed by atoms with Crippen molar-refractivity contribution < 1.29 is 9.59 Å². The molecule has 1 aromatic heterocycles. The number of carbonyl (C=O) groups is 2. The van der Waals surface area contributed by atoms with Crippen molar-refractivity contribution in [2.45, 2.75) is 19.3 Å². The summed E-state index contributed by atoms with van der Waals surface area (Å²) in [6.45, 7) is 1.70. The van der Waals surface area contributed by atoms with E-state index in [4.69, 9.17) is 0 Å². The molecule has 0 radical (unpaired) electrons. The molecule has 2 N–H and O–H groups in total. The Kier molecular flexibility index (Phi) is 6.62. The lowest BCUT2D eigenvalue weighted by Crippen LogP contribution is -2.47. The number of anilines is 1. The van der Waals surface area contributed by atoms with Gasteiger partial charge in [-0.05, 0) is 55.2 Å². The maximum atomic E-state index is 12.6. The first kappa shape index (κ1) is 20.7. The Hall–Kier alpha value is -3.61. The van der Waals surface area contributed by atoms with Crippen LogP contribution in [0.15, 0.2) is 73.1 Å². The number of para-hydroxylation sites is 1. The lowest BCUT2D eigenvalue weighted by atomic mass is 9.97. The Morgan fingerprint density at radius 2 is 1.84 bits per heavy atom. The summed E-state index contributed by atoms with van der Waals surface area (Å²) < 4.78 is 1.81. The number of urea groups is 1. The highest BCUT2D eigenvalue weighted by Gasteiger charge is 2.28. The fraction of sp³-hybridized carbons (Fsp3) is 0.292. The Labute approximate surface area is 182 Å². The zero-order valence-electron chi connectivity index (χ0n) is 17.4. The average molecular weight is 418 g/mol. The largest absolute Gasteiger partial charge is 0.355 e. The molecule has 1 unspecified atom stereocenters. The Morgan fingerprint density at radius 1 is 1.03 bits per heavy atom. The van der Waals surface area contributed by atoms with Gasteiger partial charge in [-0.15, -0.1) is 0 Å². The first-order chi connectivity index (χ1) is 15.2. The molecule has 7 heteroatoms. The second-order valence-corrected chi connectivity index (χ2v) is 7.74. The molecule has 1 aliphatic heterocycles. The maximum absolute atomic E-state index is 12.6. The van der Waals surface area contributed by atoms with Crippen LogP contribution in [0.4, 0.5) is 10.5 Å². The summed E-state index contributed by atoms with van der Waals surface area (Å²) in [5.41, 5.74) is 2.93. The van der Waals surface area contributed by atoms with Crippen LogP contribution in [0, 0.1) is 5.92 Å². The van der Waals surface area contributed by atoms with Crippen LogP contribution in [0.25, 0.3) is 5.69 Å². The number of hydrogen-bond acceptors (Lipinski definition) is 3. The van der Waals surface area contributed by atoms with Gasteiger partial charge in [-0.3, -0.25) is 4.79 Å². The molecular weight excluding hydrogens is 390 g/mol. The second-order valence-electron chi connectivity index (χ2n) is 7.74. The van der Waals surface area contributed by atoms with Crippen molar-refractivity contribution >= 4 is 17.6 Å². The molecule has 1 atom stereocenters. The number of piperidine rings is 1. The first-order valence-corrected chi connectivity index (χ1v) is 10.7. The SMILES string of the molecule is O=C(NCCc1ccc(-n2cccn2)cc1)C1CCCN(C(=O)Nc2ccccc2)C1. The molecule has 2 aromatic carbocycles. The van der Waals surface area contributed by atoms with E-state index in [-0.39, 0.29) is 17.9 Å². The molecule has 3 aromatic rings. The monoisotopic (exact) mass is 417 g/mol. The van der Waals surface area contributed by atoms with Crippen LogP contribution in [-0.2, 0) is 11.2 Å². The van der Waals surface area contributed by atoms with E-state index < -0.39 is 0 Å². The van der Waals surface area contributed by atoms with E-state index in [9.17, 15) is 9.59 Å². The lowest BCUT2D eigenvalue weighted by molar-refractivity contribution is -0.126. The summed E-state index contributed by atoms with van der Waals surface area (Å²) in [5, 5.41) is 10.2. The number of hydrogen-bond donors (Lipinski definition) is 2. The van der Waals surface area contributed by atoms with Gasteiger partial charge in [0.1, 0.15) is 0 Å². The quantitative estimate of drug-likeness (QED) is 0.645. The highest BCUT2D eigenvalue weighted by atomic mass is 16.2. The van der Waals surface area contributed by atoms with Crippen molar-refractivity contribution in [1.82, 2.24) is 20.0 Å². The predicted octanol–water partition coefficient (Wildman–Crippen LogP) is 3.48. The van der Waals surface area contributed by atoms with Gasteiger partial charge in [0.05, 0.1) is 11.6 Å². The summed E-state index contributed by atoms with van der Waals surface area (Å²) in [7, 11) is 0. The highest BCUT2D eigenvalue weighted by Crippen LogP contribution is 2.18. The number of carbonyl (C=O) groups excluding carboxylic acids is 2. The summed E-state index contributed by atoms with van der Waals surface area (Å²) in [6, 6.07) is 19.3. The topological polar surface area (TPSA) is 79.3 Å². The summed E-state index contributed by atoms with van der Waals surface area (Å²) in [4.78, 5) is 26.9. The van der Waals surface area contributed by atoms with Gasteiger partial charge in [0, 0.05) is 37.7 Å². The average Bonchev–Trinajstić information content (AvgIpc) is 3.35. The third-order valence-corrected chi connectivity index (χ3v) is 5.52. The van der Waals surface area contributed by atoms with E-state index in [1.165, 1.54) is 0 Å². The minimum atomic E-state index is -0.169. The van der Waals surface area contributed by atoms with Crippen molar-refractivity contribution in [2.24, 2.45) is 5.92 Å². The Bertz CT molecular complexity index is 987. The number of amides is 3. The van der Waals surface area contributed by atoms with Gasteiger partial charge in [0.25, 0.3) is 0 Å². The van der Waals surface area contributed by atoms with Gasteiger partial charge in [-0.2, -0.15) is 5.10 Å². The standard InChI is InChI=1S/C24H27N5O2/c30-23(25-15-13-19-9-11-22(12-10-19)29-17-5-14-26-29)20-6-4-16-28(18-20)24(31)27-21-7-2-1-3-8-21/h1-3,5,7-12,14,17,20H,4,6,13,15-16,18H2,(H,25,30)(H,27,31). The molecular formula is C24H27N5O2. The van der Waals surface area contributed by atoms with Crippen LogP contribution in [0.5, 0.6) is 0 Å². The van der Waals surface area contributed by atoms with Crippen molar-refractivity contribution in [3.63, 3.8) is 0 Å². The number of likely N-dealkylation sites (tertiary alicyclic amines) is 1. The zero-order chi connectivity index (χ0) is 21.5. The van der Waals surface area contributed by atoms with Crippen LogP contribution in [0.3, 0.4) is 0 Å². The number of nitrogens with one attached hydrogen (secondary N) is 2. The molecule has 0 aliphatic carbocycles. The molecule has 1 aliphatic rings. The molecule has 4 rings (SSSR count). The van der Waals surface area contributed by atoms with Crippen LogP contribution < -0.4 is 10.6 Å². The van der Waals surface area contributed by atoms with Gasteiger partial charge < -0.3 is 15.5 Å². The molecule has 7 nitrogen and oxygen atoms in total. The summed E-state index contributed by atoms with van der Waals surface area (Å²) >= 11 is 0. The van der Waals surface area contributed by atoms with Gasteiger partial charge >= 0.3 is 6.03 Å². The van der Waals surface area contributed by atoms with Crippen molar-refractivity contribution in [3.05, 3.63) is 78.6 Å². The molecule has 31 heavy (non-hydrogen) atoms. The predicted molar refractivity (Wildman–Crippen MR) is 120 cm³/mol. The Balaban J connectivity index is 1.23. The maximum Gasteiger partial charge on any atom is 0.321 e. The van der Waals surface area contributed by atoms with E-state index in [0.29, 0.717) is 19.6 Å². The van der Waals surface area contributed by atoms with Crippen LogP contribution >= 0.6 is 0 Å². The molecule has 2 heterocycles. The number of rotatable bonds is 6. The third kappa shape index (κ3) is 5.51. The summed E-state index contributed by atoms with van der Waals surface area (Å²) in [5.74, 6) is -0.150. The fourth-order valence-electron chi connectivity index (χ4n) is 3.81. The van der Waals surface area contributed by atoms with Gasteiger partial charge in [0.15, 0.2) is 0 Å². The normalized spacial score (nSPS) is 16.0. The molecule has 3 amide bonds. The van der Waals surface area contributed by atoms with Gasteiger partial charge in [0.2, 0.25) is 5.91 Å². The van der Waals surface area contributed by atoms with Crippen LogP contribution in [-0.4, -0.2) is 46.3 Å². The van der Waals surface area contributed by atoms with E-state index in [1.807, 2.05) is 59.4 Å². The zero-order valence-corrected chi connectivity index (χ0v) is 17.4. The van der Waals surface area contributed by atoms with Crippen molar-refractivity contribution in [3.8, 4) is 5.69 Å². The summed E-state index contributed by atoms with van der Waals surface area (Å²) in [6.07, 6.45) is 6.05. The lowest BCUT2D eigenvalue weighted by Gasteiger charge is -2.32. The minimum absolute atomic E-state index is 0.0189. The van der Waals surface area contributed by atoms with E-state index in [0.717, 1.165) is 36.2 Å².